The molecule has 0 saturated carbocycles. The second-order valence-corrected chi connectivity index (χ2v) is 7.50. The largest absolute Gasteiger partial charge is 0.497 e. The Bertz CT molecular complexity index is 1060. The summed E-state index contributed by atoms with van der Waals surface area (Å²) in [7, 11) is 3.11. The molecule has 1 N–H and O–H groups in total. The second kappa shape index (κ2) is 10.5. The SMILES string of the molecule is COc1cc(OC)cc(C(=O)N(Cc2ccccc2)C(C)c2cccc(NC(C)=O)c2)c1. The van der Waals surface area contributed by atoms with Gasteiger partial charge in [-0.05, 0) is 42.3 Å². The van der Waals surface area contributed by atoms with Crippen LogP contribution in [0.15, 0.2) is 72.8 Å². The third kappa shape index (κ3) is 5.66. The van der Waals surface area contributed by atoms with Gasteiger partial charge in [0.15, 0.2) is 0 Å². The van der Waals surface area contributed by atoms with Crippen molar-refractivity contribution in [3.05, 3.63) is 89.5 Å². The number of nitrogens with zero attached hydrogens (tertiary/aromatic N) is 1. The van der Waals surface area contributed by atoms with Gasteiger partial charge in [-0.2, -0.15) is 0 Å². The van der Waals surface area contributed by atoms with Gasteiger partial charge >= 0.3 is 0 Å². The van der Waals surface area contributed by atoms with Gasteiger partial charge in [-0.3, -0.25) is 9.59 Å². The number of carbonyl (C=O) groups excluding carboxylic acids is 2. The van der Waals surface area contributed by atoms with Crippen molar-refractivity contribution in [3.8, 4) is 11.5 Å². The summed E-state index contributed by atoms with van der Waals surface area (Å²) in [5, 5.41) is 2.80. The van der Waals surface area contributed by atoms with Gasteiger partial charge in [0.05, 0.1) is 20.3 Å². The Balaban J connectivity index is 2.00. The first-order valence-electron chi connectivity index (χ1n) is 10.4. The first kappa shape index (κ1) is 22.9. The molecule has 0 bridgehead atoms. The molecule has 0 saturated heterocycles. The van der Waals surface area contributed by atoms with E-state index >= 15 is 0 Å². The van der Waals surface area contributed by atoms with Gasteiger partial charge in [0, 0.05) is 30.8 Å². The molecule has 0 aliphatic carbocycles. The maximum Gasteiger partial charge on any atom is 0.254 e. The summed E-state index contributed by atoms with van der Waals surface area (Å²) in [5.41, 5.74) is 3.09. The van der Waals surface area contributed by atoms with Crippen molar-refractivity contribution in [1.82, 2.24) is 4.90 Å². The monoisotopic (exact) mass is 432 g/mol. The predicted octanol–water partition coefficient (Wildman–Crippen LogP) is 5.07. The average molecular weight is 433 g/mol. The molecule has 3 aromatic rings. The lowest BCUT2D eigenvalue weighted by Gasteiger charge is -2.30. The quantitative estimate of drug-likeness (QED) is 0.540. The minimum atomic E-state index is -0.256. The zero-order valence-electron chi connectivity index (χ0n) is 18.8. The van der Waals surface area contributed by atoms with E-state index in [9.17, 15) is 9.59 Å². The number of ether oxygens (including phenoxy) is 2. The maximum atomic E-state index is 13.7. The zero-order valence-corrected chi connectivity index (χ0v) is 18.8. The first-order chi connectivity index (χ1) is 15.4. The fraction of sp³-hybridized carbons (Fsp3) is 0.231. The molecule has 3 rings (SSSR count). The highest BCUT2D eigenvalue weighted by Crippen LogP contribution is 2.29. The van der Waals surface area contributed by atoms with Crippen LogP contribution in [-0.4, -0.2) is 30.9 Å². The molecule has 0 aliphatic heterocycles. The van der Waals surface area contributed by atoms with Crippen molar-refractivity contribution < 1.29 is 19.1 Å². The van der Waals surface area contributed by atoms with E-state index < -0.39 is 0 Å². The highest BCUT2D eigenvalue weighted by molar-refractivity contribution is 5.95. The van der Waals surface area contributed by atoms with Crippen LogP contribution in [0.25, 0.3) is 0 Å². The van der Waals surface area contributed by atoms with Crippen LogP contribution >= 0.6 is 0 Å². The van der Waals surface area contributed by atoms with E-state index in [1.807, 2.05) is 61.5 Å². The average Bonchev–Trinajstić information content (AvgIpc) is 2.81. The summed E-state index contributed by atoms with van der Waals surface area (Å²) in [6, 6.07) is 22.3. The number of anilines is 1. The molecule has 6 heteroatoms. The molecule has 1 atom stereocenters. The number of nitrogens with one attached hydrogen (secondary N) is 1. The standard InChI is InChI=1S/C26H28N2O4/c1-18(21-11-8-12-23(13-21)27-19(2)29)28(17-20-9-6-5-7-10-20)26(30)22-14-24(31-3)16-25(15-22)32-4/h5-16,18H,17H2,1-4H3,(H,27,29). The molecule has 0 aliphatic rings. The van der Waals surface area contributed by atoms with Gasteiger partial charge in [0.25, 0.3) is 5.91 Å². The third-order valence-electron chi connectivity index (χ3n) is 5.21. The van der Waals surface area contributed by atoms with E-state index in [0.717, 1.165) is 11.1 Å². The molecule has 32 heavy (non-hydrogen) atoms. The molecular weight excluding hydrogens is 404 g/mol. The molecule has 1 unspecified atom stereocenters. The number of methoxy groups -OCH3 is 2. The van der Waals surface area contributed by atoms with E-state index in [4.69, 9.17) is 9.47 Å². The maximum absolute atomic E-state index is 13.7. The van der Waals surface area contributed by atoms with Crippen molar-refractivity contribution in [1.29, 1.82) is 0 Å². The highest BCUT2D eigenvalue weighted by atomic mass is 16.5. The normalized spacial score (nSPS) is 11.4. The van der Waals surface area contributed by atoms with Crippen LogP contribution in [0, 0.1) is 0 Å². The van der Waals surface area contributed by atoms with Crippen LogP contribution in [0.1, 0.15) is 41.4 Å². The van der Waals surface area contributed by atoms with Crippen molar-refractivity contribution in [2.45, 2.75) is 26.4 Å². The van der Waals surface area contributed by atoms with Crippen molar-refractivity contribution in [2.75, 3.05) is 19.5 Å². The number of hydrogen-bond donors (Lipinski definition) is 1. The van der Waals surface area contributed by atoms with Crippen LogP contribution in [0.3, 0.4) is 0 Å². The van der Waals surface area contributed by atoms with Gasteiger partial charge in [-0.1, -0.05) is 42.5 Å². The lowest BCUT2D eigenvalue weighted by Crippen LogP contribution is -2.33. The molecule has 166 valence electrons. The summed E-state index contributed by atoms with van der Waals surface area (Å²) in [6.07, 6.45) is 0. The molecule has 0 aromatic heterocycles. The highest BCUT2D eigenvalue weighted by Gasteiger charge is 2.24. The fourth-order valence-corrected chi connectivity index (χ4v) is 3.52. The summed E-state index contributed by atoms with van der Waals surface area (Å²) in [5.74, 6) is 0.805. The van der Waals surface area contributed by atoms with E-state index in [1.54, 1.807) is 37.3 Å². The molecule has 6 nitrogen and oxygen atoms in total. The van der Waals surface area contributed by atoms with Gasteiger partial charge in [-0.25, -0.2) is 0 Å². The number of rotatable bonds is 8. The van der Waals surface area contributed by atoms with Gasteiger partial charge in [0.2, 0.25) is 5.91 Å². The Kier molecular flexibility index (Phi) is 7.49. The Hall–Kier alpha value is -3.80. The van der Waals surface area contributed by atoms with Gasteiger partial charge < -0.3 is 19.7 Å². The molecule has 0 spiro atoms. The van der Waals surface area contributed by atoms with E-state index in [2.05, 4.69) is 5.32 Å². The number of hydrogen-bond acceptors (Lipinski definition) is 4. The van der Waals surface area contributed by atoms with Crippen LogP contribution < -0.4 is 14.8 Å². The third-order valence-corrected chi connectivity index (χ3v) is 5.21. The smallest absolute Gasteiger partial charge is 0.254 e. The summed E-state index contributed by atoms with van der Waals surface area (Å²) >= 11 is 0. The second-order valence-electron chi connectivity index (χ2n) is 7.50. The van der Waals surface area contributed by atoms with Crippen molar-refractivity contribution in [3.63, 3.8) is 0 Å². The van der Waals surface area contributed by atoms with Crippen LogP contribution in [0.5, 0.6) is 11.5 Å². The Morgan fingerprint density at radius 2 is 1.56 bits per heavy atom. The van der Waals surface area contributed by atoms with E-state index in [-0.39, 0.29) is 17.9 Å². The topological polar surface area (TPSA) is 67.9 Å². The zero-order chi connectivity index (χ0) is 23.1. The minimum Gasteiger partial charge on any atom is -0.497 e. The van der Waals surface area contributed by atoms with E-state index in [1.165, 1.54) is 6.92 Å². The van der Waals surface area contributed by atoms with Crippen molar-refractivity contribution >= 4 is 17.5 Å². The Labute approximate surface area is 188 Å². The number of amides is 2. The number of carbonyl (C=O) groups is 2. The molecule has 0 fully saturated rings. The lowest BCUT2D eigenvalue weighted by molar-refractivity contribution is -0.114. The lowest BCUT2D eigenvalue weighted by atomic mass is 10.0. The molecule has 0 radical (unpaired) electrons. The van der Waals surface area contributed by atoms with E-state index in [0.29, 0.717) is 29.3 Å². The van der Waals surface area contributed by atoms with Crippen LogP contribution in [-0.2, 0) is 11.3 Å². The molecule has 0 heterocycles. The Morgan fingerprint density at radius 1 is 0.906 bits per heavy atom. The molecule has 3 aromatic carbocycles. The predicted molar refractivity (Wildman–Crippen MR) is 125 cm³/mol. The summed E-state index contributed by atoms with van der Waals surface area (Å²) in [4.78, 5) is 27.0. The van der Waals surface area contributed by atoms with Crippen molar-refractivity contribution in [2.24, 2.45) is 0 Å². The fourth-order valence-electron chi connectivity index (χ4n) is 3.52. The summed E-state index contributed by atoms with van der Waals surface area (Å²) in [6.45, 7) is 3.87. The van der Waals surface area contributed by atoms with Crippen LogP contribution in [0.4, 0.5) is 5.69 Å². The number of benzene rings is 3. The minimum absolute atomic E-state index is 0.143. The summed E-state index contributed by atoms with van der Waals surface area (Å²) < 4.78 is 10.7. The van der Waals surface area contributed by atoms with Gasteiger partial charge in [0.1, 0.15) is 11.5 Å². The van der Waals surface area contributed by atoms with Gasteiger partial charge in [-0.15, -0.1) is 0 Å². The first-order valence-corrected chi connectivity index (χ1v) is 10.4. The Morgan fingerprint density at radius 3 is 2.16 bits per heavy atom. The molecule has 2 amide bonds. The van der Waals surface area contributed by atoms with Crippen LogP contribution in [0.2, 0.25) is 0 Å². The molecular formula is C26H28N2O4.